The van der Waals surface area contributed by atoms with E-state index in [1.807, 2.05) is 31.3 Å². The maximum Gasteiger partial charge on any atom is 0.148 e. The molecule has 1 N–H and O–H groups in total. The lowest BCUT2D eigenvalue weighted by Crippen LogP contribution is -2.01. The van der Waals surface area contributed by atoms with Crippen molar-refractivity contribution in [1.29, 1.82) is 0 Å². The Morgan fingerprint density at radius 2 is 2.14 bits per heavy atom. The Bertz CT molecular complexity index is 770. The number of aromatic nitrogens is 4. The zero-order chi connectivity index (χ0) is 15.4. The fourth-order valence-corrected chi connectivity index (χ4v) is 2.06. The van der Waals surface area contributed by atoms with E-state index in [0.717, 1.165) is 22.7 Å². The van der Waals surface area contributed by atoms with Crippen molar-refractivity contribution in [3.63, 3.8) is 0 Å². The first-order valence-corrected chi connectivity index (χ1v) is 6.95. The summed E-state index contributed by atoms with van der Waals surface area (Å²) in [7, 11) is 0. The molecule has 3 aromatic heterocycles. The SMILES string of the molecule is Cc1ncccc1Oc1ccnc(-c2cnn(CCO)c2)c1. The minimum atomic E-state index is 0.0536. The largest absolute Gasteiger partial charge is 0.455 e. The van der Waals surface area contributed by atoms with Gasteiger partial charge in [-0.15, -0.1) is 0 Å². The maximum atomic E-state index is 8.93. The molecule has 0 aromatic carbocycles. The van der Waals surface area contributed by atoms with Crippen LogP contribution in [0.2, 0.25) is 0 Å². The molecule has 3 rings (SSSR count). The molecule has 0 amide bonds. The van der Waals surface area contributed by atoms with E-state index in [-0.39, 0.29) is 6.61 Å². The van der Waals surface area contributed by atoms with E-state index < -0.39 is 0 Å². The average Bonchev–Trinajstić information content (AvgIpc) is 2.99. The number of aliphatic hydroxyl groups excluding tert-OH is 1. The van der Waals surface area contributed by atoms with Crippen molar-refractivity contribution >= 4 is 0 Å². The second-order valence-electron chi connectivity index (χ2n) is 4.78. The van der Waals surface area contributed by atoms with Gasteiger partial charge in [0.1, 0.15) is 11.5 Å². The molecule has 0 spiro atoms. The van der Waals surface area contributed by atoms with Gasteiger partial charge in [-0.2, -0.15) is 5.10 Å². The third-order valence-corrected chi connectivity index (χ3v) is 3.18. The van der Waals surface area contributed by atoms with Crippen LogP contribution in [0.15, 0.2) is 49.1 Å². The molecule has 0 saturated heterocycles. The molecular formula is C16H16N4O2. The normalized spacial score (nSPS) is 10.6. The van der Waals surface area contributed by atoms with Crippen LogP contribution >= 0.6 is 0 Å². The summed E-state index contributed by atoms with van der Waals surface area (Å²) < 4.78 is 7.53. The first-order valence-electron chi connectivity index (χ1n) is 6.95. The second-order valence-corrected chi connectivity index (χ2v) is 4.78. The molecule has 0 fully saturated rings. The smallest absolute Gasteiger partial charge is 0.148 e. The number of hydrogen-bond acceptors (Lipinski definition) is 5. The quantitative estimate of drug-likeness (QED) is 0.783. The molecule has 6 nitrogen and oxygen atoms in total. The van der Waals surface area contributed by atoms with Crippen LogP contribution < -0.4 is 4.74 Å². The van der Waals surface area contributed by atoms with Crippen molar-refractivity contribution in [3.8, 4) is 22.8 Å². The summed E-state index contributed by atoms with van der Waals surface area (Å²) in [5.41, 5.74) is 2.47. The molecule has 0 aliphatic rings. The van der Waals surface area contributed by atoms with Crippen LogP contribution in [-0.2, 0) is 6.54 Å². The highest BCUT2D eigenvalue weighted by Crippen LogP contribution is 2.26. The molecule has 0 bridgehead atoms. The molecule has 0 atom stereocenters. The third-order valence-electron chi connectivity index (χ3n) is 3.18. The Morgan fingerprint density at radius 1 is 1.23 bits per heavy atom. The summed E-state index contributed by atoms with van der Waals surface area (Å²) in [5, 5.41) is 13.1. The standard InChI is InChI=1S/C16H16N4O2/c1-12-16(3-2-5-17-12)22-14-4-6-18-15(9-14)13-10-19-20(11-13)7-8-21/h2-6,9-11,21H,7-8H2,1H3. The summed E-state index contributed by atoms with van der Waals surface area (Å²) in [6.07, 6.45) is 6.99. The van der Waals surface area contributed by atoms with Crippen molar-refractivity contribution < 1.29 is 9.84 Å². The molecule has 6 heteroatoms. The van der Waals surface area contributed by atoms with Crippen LogP contribution in [0.3, 0.4) is 0 Å². The van der Waals surface area contributed by atoms with E-state index in [2.05, 4.69) is 15.1 Å². The second kappa shape index (κ2) is 6.36. The molecular weight excluding hydrogens is 280 g/mol. The lowest BCUT2D eigenvalue weighted by atomic mass is 10.2. The van der Waals surface area contributed by atoms with Gasteiger partial charge in [0.05, 0.1) is 30.7 Å². The Morgan fingerprint density at radius 3 is 2.95 bits per heavy atom. The van der Waals surface area contributed by atoms with Crippen molar-refractivity contribution in [2.45, 2.75) is 13.5 Å². The van der Waals surface area contributed by atoms with Crippen LogP contribution in [0.1, 0.15) is 5.69 Å². The lowest BCUT2D eigenvalue weighted by Gasteiger charge is -2.08. The average molecular weight is 296 g/mol. The lowest BCUT2D eigenvalue weighted by molar-refractivity contribution is 0.269. The molecule has 0 saturated carbocycles. The first-order chi connectivity index (χ1) is 10.8. The van der Waals surface area contributed by atoms with E-state index in [4.69, 9.17) is 9.84 Å². The number of ether oxygens (including phenoxy) is 1. The van der Waals surface area contributed by atoms with Gasteiger partial charge in [-0.25, -0.2) is 0 Å². The van der Waals surface area contributed by atoms with Crippen molar-refractivity contribution in [3.05, 3.63) is 54.7 Å². The van der Waals surface area contributed by atoms with E-state index in [1.165, 1.54) is 0 Å². The molecule has 3 heterocycles. The van der Waals surface area contributed by atoms with Crippen LogP contribution in [0.5, 0.6) is 11.5 Å². The number of nitrogens with zero attached hydrogens (tertiary/aromatic N) is 4. The fraction of sp³-hybridized carbons (Fsp3) is 0.188. The summed E-state index contributed by atoms with van der Waals surface area (Å²) in [4.78, 5) is 8.54. The monoisotopic (exact) mass is 296 g/mol. The highest BCUT2D eigenvalue weighted by atomic mass is 16.5. The first kappa shape index (κ1) is 14.2. The minimum absolute atomic E-state index is 0.0536. The predicted octanol–water partition coefficient (Wildman–Crippen LogP) is 2.43. The summed E-state index contributed by atoms with van der Waals surface area (Å²) >= 11 is 0. The Hall–Kier alpha value is -2.73. The van der Waals surface area contributed by atoms with Gasteiger partial charge < -0.3 is 9.84 Å². The topological polar surface area (TPSA) is 73.1 Å². The van der Waals surface area contributed by atoms with Crippen molar-refractivity contribution in [2.75, 3.05) is 6.61 Å². The zero-order valence-electron chi connectivity index (χ0n) is 12.2. The number of rotatable bonds is 5. The van der Waals surface area contributed by atoms with E-state index in [1.54, 1.807) is 29.3 Å². The number of hydrogen-bond donors (Lipinski definition) is 1. The van der Waals surface area contributed by atoms with Gasteiger partial charge in [-0.3, -0.25) is 14.6 Å². The van der Waals surface area contributed by atoms with E-state index in [9.17, 15) is 0 Å². The minimum Gasteiger partial charge on any atom is -0.455 e. The number of pyridine rings is 2. The molecule has 3 aromatic rings. The van der Waals surface area contributed by atoms with Crippen LogP contribution in [0.4, 0.5) is 0 Å². The van der Waals surface area contributed by atoms with Crippen molar-refractivity contribution in [1.82, 2.24) is 19.7 Å². The van der Waals surface area contributed by atoms with Gasteiger partial charge in [0.25, 0.3) is 0 Å². The highest BCUT2D eigenvalue weighted by molar-refractivity contribution is 5.58. The fourth-order valence-electron chi connectivity index (χ4n) is 2.06. The summed E-state index contributed by atoms with van der Waals surface area (Å²) in [6.45, 7) is 2.42. The Labute approximate surface area is 128 Å². The summed E-state index contributed by atoms with van der Waals surface area (Å²) in [6, 6.07) is 7.37. The Balaban J connectivity index is 1.84. The molecule has 0 radical (unpaired) electrons. The number of aryl methyl sites for hydroxylation is 1. The van der Waals surface area contributed by atoms with Crippen LogP contribution in [0, 0.1) is 6.92 Å². The zero-order valence-corrected chi connectivity index (χ0v) is 12.2. The Kier molecular flexibility index (Phi) is 4.11. The van der Waals surface area contributed by atoms with Crippen LogP contribution in [0.25, 0.3) is 11.3 Å². The van der Waals surface area contributed by atoms with Gasteiger partial charge in [0.15, 0.2) is 0 Å². The third kappa shape index (κ3) is 3.12. The number of aliphatic hydroxyl groups is 1. The van der Waals surface area contributed by atoms with Gasteiger partial charge in [0.2, 0.25) is 0 Å². The highest BCUT2D eigenvalue weighted by Gasteiger charge is 2.07. The van der Waals surface area contributed by atoms with Crippen molar-refractivity contribution in [2.24, 2.45) is 0 Å². The predicted molar refractivity (Wildman–Crippen MR) is 81.6 cm³/mol. The van der Waals surface area contributed by atoms with Gasteiger partial charge in [-0.05, 0) is 25.1 Å². The molecule has 22 heavy (non-hydrogen) atoms. The molecule has 0 aliphatic carbocycles. The van der Waals surface area contributed by atoms with Gasteiger partial charge >= 0.3 is 0 Å². The molecule has 0 unspecified atom stereocenters. The summed E-state index contributed by atoms with van der Waals surface area (Å²) in [5.74, 6) is 1.41. The van der Waals surface area contributed by atoms with E-state index in [0.29, 0.717) is 12.3 Å². The molecule has 112 valence electrons. The molecule has 0 aliphatic heterocycles. The van der Waals surface area contributed by atoms with Gasteiger partial charge in [-0.1, -0.05) is 0 Å². The van der Waals surface area contributed by atoms with E-state index >= 15 is 0 Å². The maximum absolute atomic E-state index is 8.93. The van der Waals surface area contributed by atoms with Gasteiger partial charge in [0, 0.05) is 30.2 Å². The van der Waals surface area contributed by atoms with Crippen LogP contribution in [-0.4, -0.2) is 31.5 Å².